The van der Waals surface area contributed by atoms with E-state index in [-0.39, 0.29) is 0 Å². The number of aliphatic hydroxyl groups is 1. The monoisotopic (exact) mass is 373 g/mol. The summed E-state index contributed by atoms with van der Waals surface area (Å²) in [6, 6.07) is 8.19. The van der Waals surface area contributed by atoms with Crippen molar-refractivity contribution in [2.24, 2.45) is 17.8 Å². The van der Waals surface area contributed by atoms with Crippen molar-refractivity contribution in [1.29, 1.82) is 0 Å². The number of hydrogen-bond acceptors (Lipinski definition) is 4. The number of hydrogen-bond donors (Lipinski definition) is 2. The lowest BCUT2D eigenvalue weighted by molar-refractivity contribution is -0.0318. The fourth-order valence-corrected chi connectivity index (χ4v) is 5.98. The van der Waals surface area contributed by atoms with Gasteiger partial charge >= 0.3 is 0 Å². The molecule has 4 nitrogen and oxygen atoms in total. The first-order chi connectivity index (χ1) is 13.1. The lowest BCUT2D eigenvalue weighted by Gasteiger charge is -2.57. The molecule has 1 aromatic rings. The van der Waals surface area contributed by atoms with Gasteiger partial charge in [-0.2, -0.15) is 0 Å². The maximum Gasteiger partial charge on any atom is 0.119 e. The zero-order valence-corrected chi connectivity index (χ0v) is 16.7. The Morgan fingerprint density at radius 2 is 1.67 bits per heavy atom. The quantitative estimate of drug-likeness (QED) is 0.616. The number of ether oxygens (including phenoxy) is 2. The molecule has 0 spiro atoms. The number of benzene rings is 1. The van der Waals surface area contributed by atoms with E-state index in [0.29, 0.717) is 31.9 Å². The number of nitrogens with one attached hydrogen (secondary N) is 1. The number of aliphatic hydroxyl groups excluding tert-OH is 1. The molecule has 0 heterocycles. The summed E-state index contributed by atoms with van der Waals surface area (Å²) in [7, 11) is 0. The minimum atomic E-state index is -0.443. The van der Waals surface area contributed by atoms with Crippen LogP contribution in [0.4, 0.5) is 0 Å². The smallest absolute Gasteiger partial charge is 0.119 e. The highest BCUT2D eigenvalue weighted by atomic mass is 16.5. The van der Waals surface area contributed by atoms with Gasteiger partial charge in [-0.25, -0.2) is 0 Å². The van der Waals surface area contributed by atoms with Gasteiger partial charge in [-0.1, -0.05) is 19.1 Å². The van der Waals surface area contributed by atoms with E-state index in [2.05, 4.69) is 24.4 Å². The largest absolute Gasteiger partial charge is 0.491 e. The van der Waals surface area contributed by atoms with Crippen LogP contribution in [0.5, 0.6) is 5.75 Å². The van der Waals surface area contributed by atoms with Crippen molar-refractivity contribution in [3.63, 3.8) is 0 Å². The Labute approximate surface area is 163 Å². The summed E-state index contributed by atoms with van der Waals surface area (Å²) in [6.45, 7) is 4.18. The average Bonchev–Trinajstić information content (AvgIpc) is 2.66. The molecule has 27 heavy (non-hydrogen) atoms. The van der Waals surface area contributed by atoms with E-state index in [0.717, 1.165) is 29.9 Å². The van der Waals surface area contributed by atoms with Crippen LogP contribution in [0.3, 0.4) is 0 Å². The molecular weight excluding hydrogens is 338 g/mol. The molecule has 4 aliphatic carbocycles. The molecule has 4 bridgehead atoms. The zero-order valence-electron chi connectivity index (χ0n) is 16.7. The van der Waals surface area contributed by atoms with Gasteiger partial charge in [-0.3, -0.25) is 0 Å². The van der Waals surface area contributed by atoms with Gasteiger partial charge in [-0.05, 0) is 80.4 Å². The van der Waals surface area contributed by atoms with Crippen LogP contribution >= 0.6 is 0 Å². The molecule has 0 radical (unpaired) electrons. The van der Waals surface area contributed by atoms with Gasteiger partial charge in [0.05, 0.1) is 19.3 Å². The fraction of sp³-hybridized carbons (Fsp3) is 0.739. The van der Waals surface area contributed by atoms with E-state index >= 15 is 0 Å². The van der Waals surface area contributed by atoms with E-state index in [1.807, 2.05) is 12.1 Å². The molecule has 1 unspecified atom stereocenters. The van der Waals surface area contributed by atoms with Gasteiger partial charge < -0.3 is 19.9 Å². The lowest BCUT2D eigenvalue weighted by atomic mass is 9.53. The van der Waals surface area contributed by atoms with Gasteiger partial charge in [-0.15, -0.1) is 0 Å². The lowest BCUT2D eigenvalue weighted by Crippen LogP contribution is -2.59. The van der Waals surface area contributed by atoms with Gasteiger partial charge in [0, 0.05) is 12.1 Å². The predicted molar refractivity (Wildman–Crippen MR) is 107 cm³/mol. The van der Waals surface area contributed by atoms with Crippen LogP contribution in [0.2, 0.25) is 0 Å². The molecule has 0 saturated heterocycles. The van der Waals surface area contributed by atoms with E-state index in [1.165, 1.54) is 44.1 Å². The molecule has 2 N–H and O–H groups in total. The van der Waals surface area contributed by atoms with E-state index in [9.17, 15) is 5.11 Å². The first kappa shape index (κ1) is 19.2. The van der Waals surface area contributed by atoms with Crippen LogP contribution in [-0.2, 0) is 11.2 Å². The van der Waals surface area contributed by atoms with Crippen molar-refractivity contribution >= 4 is 0 Å². The van der Waals surface area contributed by atoms with Crippen LogP contribution in [0.25, 0.3) is 0 Å². The van der Waals surface area contributed by atoms with Crippen LogP contribution in [0.1, 0.15) is 51.0 Å². The molecule has 1 aromatic carbocycles. The highest BCUT2D eigenvalue weighted by Crippen LogP contribution is 2.55. The highest BCUT2D eigenvalue weighted by molar-refractivity contribution is 5.27. The fourth-order valence-electron chi connectivity index (χ4n) is 5.98. The zero-order chi connectivity index (χ0) is 18.7. The molecular formula is C23H35NO3. The van der Waals surface area contributed by atoms with E-state index < -0.39 is 6.10 Å². The summed E-state index contributed by atoms with van der Waals surface area (Å²) in [4.78, 5) is 0. The summed E-state index contributed by atoms with van der Waals surface area (Å²) in [5, 5.41) is 14.0. The molecule has 5 rings (SSSR count). The molecule has 0 aliphatic heterocycles. The average molecular weight is 374 g/mol. The van der Waals surface area contributed by atoms with Crippen LogP contribution in [0, 0.1) is 17.8 Å². The third-order valence-corrected chi connectivity index (χ3v) is 6.89. The van der Waals surface area contributed by atoms with Crippen molar-refractivity contribution in [3.05, 3.63) is 29.8 Å². The molecule has 0 aromatic heterocycles. The second-order valence-corrected chi connectivity index (χ2v) is 9.15. The second-order valence-electron chi connectivity index (χ2n) is 9.15. The molecule has 4 saturated carbocycles. The predicted octanol–water partition coefficient (Wildman–Crippen LogP) is 3.56. The maximum atomic E-state index is 10.3. The molecule has 4 heteroatoms. The summed E-state index contributed by atoms with van der Waals surface area (Å²) in [5.74, 6) is 3.67. The summed E-state index contributed by atoms with van der Waals surface area (Å²) < 4.78 is 11.3. The number of β-amino-alcohol motifs (C(OH)–C–C–N with tert-alkyl or cyclic N) is 1. The third kappa shape index (κ3) is 4.85. The summed E-state index contributed by atoms with van der Waals surface area (Å²) >= 11 is 0. The van der Waals surface area contributed by atoms with Gasteiger partial charge in [0.1, 0.15) is 12.4 Å². The molecule has 4 aliphatic rings. The summed E-state index contributed by atoms with van der Waals surface area (Å²) in [6.07, 6.45) is 8.90. The number of rotatable bonds is 10. The van der Waals surface area contributed by atoms with Crippen molar-refractivity contribution in [3.8, 4) is 5.75 Å². The van der Waals surface area contributed by atoms with Crippen LogP contribution < -0.4 is 10.1 Å². The van der Waals surface area contributed by atoms with Crippen LogP contribution in [-0.4, -0.2) is 43.1 Å². The number of aryl methyl sites for hydroxylation is 1. The molecule has 4 fully saturated rings. The Bertz CT molecular complexity index is 565. The first-order valence-electron chi connectivity index (χ1n) is 10.9. The van der Waals surface area contributed by atoms with Crippen molar-refractivity contribution in [1.82, 2.24) is 5.32 Å². The Kier molecular flexibility index (Phi) is 6.05. The maximum absolute atomic E-state index is 10.3. The highest BCUT2D eigenvalue weighted by Gasteiger charge is 2.50. The van der Waals surface area contributed by atoms with Crippen molar-refractivity contribution < 1.29 is 14.6 Å². The van der Waals surface area contributed by atoms with E-state index in [1.54, 1.807) is 0 Å². The SMILES string of the molecule is CCc1ccc(OCCOCC(O)CNC23CC4CC(CC(C4)C2)C3)cc1. The molecule has 150 valence electrons. The Balaban J connectivity index is 1.11. The second kappa shape index (κ2) is 8.50. The minimum absolute atomic E-state index is 0.309. The van der Waals surface area contributed by atoms with Gasteiger partial charge in [0.15, 0.2) is 0 Å². The van der Waals surface area contributed by atoms with Crippen LogP contribution in [0.15, 0.2) is 24.3 Å². The van der Waals surface area contributed by atoms with Crippen molar-refractivity contribution in [2.75, 3.05) is 26.4 Å². The molecule has 1 atom stereocenters. The third-order valence-electron chi connectivity index (χ3n) is 6.89. The van der Waals surface area contributed by atoms with Crippen molar-refractivity contribution in [2.45, 2.75) is 63.5 Å². The van der Waals surface area contributed by atoms with E-state index in [4.69, 9.17) is 9.47 Å². The Morgan fingerprint density at radius 1 is 1.04 bits per heavy atom. The topological polar surface area (TPSA) is 50.7 Å². The Morgan fingerprint density at radius 3 is 2.26 bits per heavy atom. The van der Waals surface area contributed by atoms with Gasteiger partial charge in [0.25, 0.3) is 0 Å². The molecule has 0 amide bonds. The van der Waals surface area contributed by atoms with Gasteiger partial charge in [0.2, 0.25) is 0 Å². The normalized spacial score (nSPS) is 32.6. The Hall–Kier alpha value is -1.10. The standard InChI is InChI=1S/C23H35NO3/c1-2-17-3-5-22(6-4-17)27-8-7-26-16-21(25)15-24-23-12-18-9-19(13-23)11-20(10-18)14-23/h3-6,18-21,24-25H,2,7-16H2,1H3. The first-order valence-corrected chi connectivity index (χ1v) is 10.9. The summed E-state index contributed by atoms with van der Waals surface area (Å²) in [5.41, 5.74) is 1.62. The minimum Gasteiger partial charge on any atom is -0.491 e.